The van der Waals surface area contributed by atoms with Gasteiger partial charge in [0.05, 0.1) is 0 Å². The van der Waals surface area contributed by atoms with E-state index in [-0.39, 0.29) is 0 Å². The van der Waals surface area contributed by atoms with Gasteiger partial charge in [-0.05, 0) is 216 Å². The maximum Gasteiger partial charge on any atom is -0.0257 e. The van der Waals surface area contributed by atoms with Crippen molar-refractivity contribution in [1.29, 1.82) is 0 Å². The van der Waals surface area contributed by atoms with Crippen LogP contribution in [0.3, 0.4) is 0 Å². The lowest BCUT2D eigenvalue weighted by atomic mass is 9.56. The third kappa shape index (κ3) is 43.3. The van der Waals surface area contributed by atoms with Gasteiger partial charge in [-0.3, -0.25) is 0 Å². The average Bonchev–Trinajstić information content (AvgIpc) is 1.79. The summed E-state index contributed by atoms with van der Waals surface area (Å²) in [4.78, 5) is 0. The van der Waals surface area contributed by atoms with E-state index in [1.807, 2.05) is 0 Å². The van der Waals surface area contributed by atoms with Crippen LogP contribution in [-0.4, -0.2) is 0 Å². The van der Waals surface area contributed by atoms with Crippen molar-refractivity contribution in [2.45, 2.75) is 510 Å². The highest BCUT2D eigenvalue weighted by Gasteiger charge is 2.43. The van der Waals surface area contributed by atoms with E-state index in [0.717, 1.165) is 106 Å². The van der Waals surface area contributed by atoms with Crippen LogP contribution in [0, 0.1) is 139 Å². The molecule has 0 saturated heterocycles. The fourth-order valence-electron chi connectivity index (χ4n) is 20.3. The van der Waals surface area contributed by atoms with Gasteiger partial charge in [0.25, 0.3) is 0 Å². The number of fused-ring (bicyclic) bond motifs is 4. The predicted octanol–water partition coefficient (Wildman–Crippen LogP) is 35.9. The van der Waals surface area contributed by atoms with Crippen LogP contribution in [0.25, 0.3) is 0 Å². The van der Waals surface area contributed by atoms with E-state index in [0.29, 0.717) is 32.5 Å². The molecule has 12 fully saturated rings. The second-order valence-corrected chi connectivity index (χ2v) is 45.0. The van der Waals surface area contributed by atoms with Crippen LogP contribution in [0.2, 0.25) is 0 Å². The van der Waals surface area contributed by atoms with Gasteiger partial charge >= 0.3 is 0 Å². The SMILES string of the molecule is CC(C(C)(C)C)C(C)(C)C.CC(C)(C)C(C)(C)C(C)(C)C.CC(C)C1CCCC1.CC1(C)CCCCC1.CC1C2CCC1CC2.CC1CCC(C)CC1.CC1CCCC[C@H]1C.CC1CCC[C@@H](C)C1.CCC1(C)CCCC1.CCC1CCCCC1.CCCC1CCCC1.C[C@H]1CC2CCC1C2. The minimum absolute atomic E-state index is 0.375. The van der Waals surface area contributed by atoms with Crippen molar-refractivity contribution in [3.8, 4) is 0 Å². The monoisotopic (exact) mass is 1420 g/mol. The van der Waals surface area contributed by atoms with Crippen LogP contribution in [-0.2, 0) is 0 Å². The molecule has 0 amide bonds. The van der Waals surface area contributed by atoms with Gasteiger partial charge in [0.2, 0.25) is 0 Å². The van der Waals surface area contributed by atoms with Crippen LogP contribution >= 0.6 is 0 Å². The Morgan fingerprint density at radius 2 is 0.713 bits per heavy atom. The lowest BCUT2D eigenvalue weighted by molar-refractivity contribution is 0.00575. The molecule has 4 bridgehead atoms. The van der Waals surface area contributed by atoms with E-state index in [4.69, 9.17) is 0 Å². The fourth-order valence-corrected chi connectivity index (χ4v) is 20.3. The Kier molecular flexibility index (Phi) is 49.7. The van der Waals surface area contributed by atoms with Crippen molar-refractivity contribution in [2.24, 2.45) is 139 Å². The van der Waals surface area contributed by atoms with E-state index < -0.39 is 0 Å². The third-order valence-corrected chi connectivity index (χ3v) is 31.5. The summed E-state index contributed by atoms with van der Waals surface area (Å²) in [5, 5.41) is 0. The summed E-state index contributed by atoms with van der Waals surface area (Å²) in [6.07, 6.45) is 68.5. The highest BCUT2D eigenvalue weighted by molar-refractivity contribution is 4.92. The molecule has 0 aliphatic heterocycles. The molecule has 0 spiro atoms. The molecule has 0 heterocycles. The Morgan fingerprint density at radius 1 is 0.337 bits per heavy atom. The second kappa shape index (κ2) is 50.7. The highest BCUT2D eigenvalue weighted by atomic mass is 14.5. The number of hydrogen-bond acceptors (Lipinski definition) is 0. The van der Waals surface area contributed by atoms with E-state index in [2.05, 4.69) is 215 Å². The molecule has 12 aliphatic rings. The zero-order chi connectivity index (χ0) is 76.8. The Hall–Kier alpha value is 0. The third-order valence-electron chi connectivity index (χ3n) is 31.5. The van der Waals surface area contributed by atoms with Gasteiger partial charge < -0.3 is 0 Å². The Morgan fingerprint density at radius 3 is 0.931 bits per heavy atom. The minimum Gasteiger partial charge on any atom is -0.0654 e. The second-order valence-electron chi connectivity index (χ2n) is 45.0. The summed E-state index contributed by atoms with van der Waals surface area (Å²) in [5.41, 5.74) is 3.44. The molecule has 12 aliphatic carbocycles. The standard InChI is InChI=1S/C11H24.C10H22.2C8H14.8C8H16/c1-9(2,3)11(7,8)10(4,5)6;1-8(9(2,3)4)10(5,6)7;1-6-4-7-2-3-8(6)5-7;1-6-7-2-3-8(6)5-4-7;1-7-3-5-8(2)6-4-7;1-7-4-3-5-8(2)6-7;1-8(2)6-4-3-5-7-8;1-7-5-3-4-6-8(7)2;1-7(2)8-5-3-4-6-8;1-3-8(2)6-4-5-7-8;1-2-8-6-4-3-5-7-8;1-2-5-8-6-3-4-7-8/h1-8H3;8H,1-7H3;2*6-8H,2-5H2,1H3;2*7-8H,3-6H2,1-2H3;3-7H2,1-2H3;2*7-8H,3-6H2,1-2H3;3-7H2,1-2H3;2*8H,2-7H2,1H3/t;;6-,7?,8?;;;7-,8?;;7-,8?;;;;/m..0..1.1..../s1. The Bertz CT molecular complexity index is 1800. The fraction of sp³-hybridized carbons (Fsp3) is 1.00. The molecule has 7 atom stereocenters. The van der Waals surface area contributed by atoms with Crippen molar-refractivity contribution in [3.05, 3.63) is 0 Å². The Balaban J connectivity index is 0.000000551. The van der Waals surface area contributed by atoms with Gasteiger partial charge in [-0.2, -0.15) is 0 Å². The van der Waals surface area contributed by atoms with Crippen molar-refractivity contribution in [1.82, 2.24) is 0 Å². The van der Waals surface area contributed by atoms with E-state index in [1.54, 1.807) is 51.4 Å². The number of hydrogen-bond donors (Lipinski definition) is 0. The van der Waals surface area contributed by atoms with Crippen LogP contribution in [0.15, 0.2) is 0 Å². The molecule has 0 N–H and O–H groups in total. The smallest absolute Gasteiger partial charge is 0.0257 e. The van der Waals surface area contributed by atoms with Crippen LogP contribution < -0.4 is 0 Å². The zero-order valence-corrected chi connectivity index (χ0v) is 76.8. The average molecular weight is 1420 g/mol. The quantitative estimate of drug-likeness (QED) is 0.257. The summed E-state index contributed by atoms with van der Waals surface area (Å²) in [6, 6.07) is 0. The maximum atomic E-state index is 2.44. The van der Waals surface area contributed by atoms with Crippen LogP contribution in [0.5, 0.6) is 0 Å². The molecule has 0 nitrogen and oxygen atoms in total. The molecule has 0 heteroatoms. The minimum atomic E-state index is 0.375. The van der Waals surface area contributed by atoms with E-state index >= 15 is 0 Å². The topological polar surface area (TPSA) is 0 Å². The zero-order valence-electron chi connectivity index (χ0n) is 76.8. The molecule has 12 rings (SSSR count). The summed E-state index contributed by atoms with van der Waals surface area (Å²) in [6.45, 7) is 72.7. The highest BCUT2D eigenvalue weighted by Crippen LogP contribution is 2.52. The molecule has 0 radical (unpaired) electrons. The lowest BCUT2D eigenvalue weighted by Crippen LogP contribution is -2.41. The van der Waals surface area contributed by atoms with Crippen molar-refractivity contribution in [3.63, 3.8) is 0 Å². The summed E-state index contributed by atoms with van der Waals surface area (Å²) < 4.78 is 0. The van der Waals surface area contributed by atoms with E-state index in [1.165, 1.54) is 244 Å². The largest absolute Gasteiger partial charge is 0.0654 e. The number of rotatable bonds is 5. The molecular formula is C101H202. The summed E-state index contributed by atoms with van der Waals surface area (Å²) in [5.74, 6) is 17.8. The Labute approximate surface area is 644 Å². The molecule has 4 unspecified atom stereocenters. The molecule has 101 heavy (non-hydrogen) atoms. The van der Waals surface area contributed by atoms with Crippen molar-refractivity contribution >= 4 is 0 Å². The van der Waals surface area contributed by atoms with Crippen LogP contribution in [0.4, 0.5) is 0 Å². The first-order chi connectivity index (χ1) is 46.9. The maximum absolute atomic E-state index is 2.44. The summed E-state index contributed by atoms with van der Waals surface area (Å²) in [7, 11) is 0. The van der Waals surface area contributed by atoms with Gasteiger partial charge in [-0.25, -0.2) is 0 Å². The van der Waals surface area contributed by atoms with Crippen LogP contribution in [0.1, 0.15) is 510 Å². The molecule has 0 aromatic rings. The van der Waals surface area contributed by atoms with Crippen molar-refractivity contribution < 1.29 is 0 Å². The molecular weight excluding hydrogens is 1210 g/mol. The lowest BCUT2D eigenvalue weighted by Gasteiger charge is -2.49. The molecule has 0 aromatic heterocycles. The van der Waals surface area contributed by atoms with Gasteiger partial charge in [-0.1, -0.05) is 433 Å². The molecule has 0 aromatic carbocycles. The van der Waals surface area contributed by atoms with Gasteiger partial charge in [0.15, 0.2) is 0 Å². The first-order valence-electron chi connectivity index (χ1n) is 46.9. The van der Waals surface area contributed by atoms with Crippen molar-refractivity contribution in [2.75, 3.05) is 0 Å². The predicted molar refractivity (Wildman–Crippen MR) is 465 cm³/mol. The summed E-state index contributed by atoms with van der Waals surface area (Å²) >= 11 is 0. The first-order valence-corrected chi connectivity index (χ1v) is 46.9. The van der Waals surface area contributed by atoms with Gasteiger partial charge in [-0.15, -0.1) is 0 Å². The normalized spacial score (nSPS) is 30.6. The molecule has 12 saturated carbocycles. The first kappa shape index (κ1) is 99.0. The van der Waals surface area contributed by atoms with Gasteiger partial charge in [0, 0.05) is 0 Å². The van der Waals surface area contributed by atoms with E-state index in [9.17, 15) is 0 Å². The molecule has 606 valence electrons. The van der Waals surface area contributed by atoms with Gasteiger partial charge in [0.1, 0.15) is 0 Å².